The minimum atomic E-state index is -1.15. The van der Waals surface area contributed by atoms with E-state index in [9.17, 15) is 10.2 Å². The summed E-state index contributed by atoms with van der Waals surface area (Å²) in [6, 6.07) is 8.31. The molecule has 3 unspecified atom stereocenters. The van der Waals surface area contributed by atoms with E-state index in [-0.39, 0.29) is 14.0 Å². The molecule has 184 valence electrons. The second-order valence-electron chi connectivity index (χ2n) is 8.85. The molecule has 1 aromatic rings. The summed E-state index contributed by atoms with van der Waals surface area (Å²) >= 11 is 0. The smallest absolute Gasteiger partial charge is 0.186 e. The fourth-order valence-electron chi connectivity index (χ4n) is 4.42. The van der Waals surface area contributed by atoms with Crippen molar-refractivity contribution >= 4 is 0 Å². The Bertz CT molecular complexity index is 619. The lowest BCUT2D eigenvalue weighted by Crippen LogP contribution is -2.62. The fraction of sp³-hybridized carbons (Fsp3) is 0.769. The first-order valence-electron chi connectivity index (χ1n) is 12.0. The van der Waals surface area contributed by atoms with Crippen LogP contribution in [0.15, 0.2) is 24.3 Å². The van der Waals surface area contributed by atoms with Gasteiger partial charge in [-0.25, -0.2) is 0 Å². The molecule has 1 aromatic carbocycles. The van der Waals surface area contributed by atoms with Gasteiger partial charge in [-0.15, -0.1) is 0 Å². The molecule has 2 aliphatic rings. The van der Waals surface area contributed by atoms with Gasteiger partial charge in [0.1, 0.15) is 24.4 Å². The Balaban J connectivity index is 0.00000363. The number of unbranched alkanes of at least 4 members (excludes halogenated alkanes) is 8. The molecule has 0 bridgehead atoms. The fourth-order valence-corrected chi connectivity index (χ4v) is 4.42. The van der Waals surface area contributed by atoms with E-state index in [1.54, 1.807) is 0 Å². The average Bonchev–Trinajstić information content (AvgIpc) is 2.80. The molecule has 0 spiro atoms. The van der Waals surface area contributed by atoms with Crippen LogP contribution in [0.2, 0.25) is 0 Å². The van der Waals surface area contributed by atoms with Gasteiger partial charge in [-0.2, -0.15) is 0 Å². The molecule has 0 saturated carbocycles. The van der Waals surface area contributed by atoms with Crippen LogP contribution in [-0.4, -0.2) is 54.6 Å². The zero-order chi connectivity index (χ0) is 22.1. The highest BCUT2D eigenvalue weighted by atomic mass is 16.7. The van der Waals surface area contributed by atoms with Crippen LogP contribution in [0.25, 0.3) is 0 Å². The highest BCUT2D eigenvalue weighted by Gasteiger charge is 2.48. The van der Waals surface area contributed by atoms with Crippen LogP contribution >= 0.6 is 0 Å². The number of hydrogen-bond acceptors (Lipinski definition) is 6. The molecule has 0 amide bonds. The van der Waals surface area contributed by atoms with Crippen LogP contribution in [-0.2, 0) is 25.4 Å². The summed E-state index contributed by atoms with van der Waals surface area (Å²) < 4.78 is 22.5. The normalized spacial score (nSPS) is 29.9. The number of aliphatic hydroxyl groups is 2. The van der Waals surface area contributed by atoms with Gasteiger partial charge in [0.15, 0.2) is 12.6 Å². The number of aliphatic hydroxyl groups excluding tert-OH is 2. The third-order valence-electron chi connectivity index (χ3n) is 6.39. The van der Waals surface area contributed by atoms with E-state index in [2.05, 4.69) is 19.1 Å². The monoisotopic (exact) mass is 452 g/mol. The summed E-state index contributed by atoms with van der Waals surface area (Å²) in [4.78, 5) is 0. The molecule has 2 saturated heterocycles. The predicted molar refractivity (Wildman–Crippen MR) is 125 cm³/mol. The molecule has 0 radical (unpaired) electrons. The lowest BCUT2D eigenvalue weighted by molar-refractivity contribution is -0.358. The standard InChI is InChI=1S/C25H40O6.CH4/c1-3-4-5-6-7-8-9-10-11-12-18-13-15-19(16-14-18)24-29-17-20-23(31-24)21(26)22(27)25(28-2)30-20;/h13-16,20-27H,3-12,17H2,1-2H3;1H4/t20?,21-,22?,23-,24?,25-;/m1./s1. The van der Waals surface area contributed by atoms with Crippen LogP contribution in [0.1, 0.15) is 89.6 Å². The van der Waals surface area contributed by atoms with Crippen LogP contribution < -0.4 is 0 Å². The van der Waals surface area contributed by atoms with E-state index in [0.717, 1.165) is 12.0 Å². The summed E-state index contributed by atoms with van der Waals surface area (Å²) in [5, 5.41) is 20.5. The van der Waals surface area contributed by atoms with Crippen molar-refractivity contribution in [3.8, 4) is 0 Å². The number of hydrogen-bond donors (Lipinski definition) is 2. The van der Waals surface area contributed by atoms with Gasteiger partial charge in [-0.3, -0.25) is 0 Å². The molecule has 0 aliphatic carbocycles. The lowest BCUT2D eigenvalue weighted by atomic mass is 9.97. The average molecular weight is 453 g/mol. The number of aryl methyl sites for hydroxylation is 1. The molecule has 6 heteroatoms. The van der Waals surface area contributed by atoms with E-state index in [4.69, 9.17) is 18.9 Å². The molecule has 32 heavy (non-hydrogen) atoms. The first kappa shape index (κ1) is 27.2. The Morgan fingerprint density at radius 2 is 1.50 bits per heavy atom. The van der Waals surface area contributed by atoms with Crippen LogP contribution in [0, 0.1) is 0 Å². The van der Waals surface area contributed by atoms with E-state index in [1.807, 2.05) is 12.1 Å². The van der Waals surface area contributed by atoms with Gasteiger partial charge >= 0.3 is 0 Å². The van der Waals surface area contributed by atoms with Crippen molar-refractivity contribution < 1.29 is 29.2 Å². The van der Waals surface area contributed by atoms with Gasteiger partial charge < -0.3 is 29.2 Å². The summed E-state index contributed by atoms with van der Waals surface area (Å²) in [5.74, 6) is 0. The molecular weight excluding hydrogens is 408 g/mol. The Morgan fingerprint density at radius 1 is 0.875 bits per heavy atom. The first-order chi connectivity index (χ1) is 15.1. The molecule has 2 aliphatic heterocycles. The Morgan fingerprint density at radius 3 is 2.12 bits per heavy atom. The second-order valence-corrected chi connectivity index (χ2v) is 8.85. The van der Waals surface area contributed by atoms with E-state index < -0.39 is 37.0 Å². The molecule has 2 heterocycles. The number of benzene rings is 1. The van der Waals surface area contributed by atoms with Crippen LogP contribution in [0.4, 0.5) is 0 Å². The van der Waals surface area contributed by atoms with Gasteiger partial charge in [0.05, 0.1) is 6.61 Å². The minimum Gasteiger partial charge on any atom is -0.387 e. The molecule has 2 fully saturated rings. The highest BCUT2D eigenvalue weighted by Crippen LogP contribution is 2.34. The zero-order valence-corrected chi connectivity index (χ0v) is 19.1. The topological polar surface area (TPSA) is 77.4 Å². The third-order valence-corrected chi connectivity index (χ3v) is 6.39. The number of methoxy groups -OCH3 is 1. The summed E-state index contributed by atoms with van der Waals surface area (Å²) in [5.41, 5.74) is 2.23. The predicted octanol–water partition coefficient (Wildman–Crippen LogP) is 4.90. The first-order valence-corrected chi connectivity index (χ1v) is 12.0. The van der Waals surface area contributed by atoms with E-state index >= 15 is 0 Å². The lowest BCUT2D eigenvalue weighted by Gasteiger charge is -2.45. The number of fused-ring (bicyclic) bond motifs is 1. The molecule has 2 N–H and O–H groups in total. The maximum absolute atomic E-state index is 10.4. The SMILES string of the molecule is C.CCCCCCCCCCCc1ccc(C2OCC3O[C@@H](OC)C(O)[C@@H](O)[C@@H]3O2)cc1. The van der Waals surface area contributed by atoms with E-state index in [0.29, 0.717) is 0 Å². The third kappa shape index (κ3) is 7.51. The Labute approximate surface area is 194 Å². The molecule has 6 nitrogen and oxygen atoms in total. The van der Waals surface area contributed by atoms with Crippen molar-refractivity contribution in [3.63, 3.8) is 0 Å². The van der Waals surface area contributed by atoms with Crippen LogP contribution in [0.3, 0.4) is 0 Å². The minimum absolute atomic E-state index is 0. The molecule has 6 atom stereocenters. The molecule has 0 aromatic heterocycles. The van der Waals surface area contributed by atoms with Crippen molar-refractivity contribution in [1.82, 2.24) is 0 Å². The van der Waals surface area contributed by atoms with Gasteiger partial charge in [0, 0.05) is 12.7 Å². The van der Waals surface area contributed by atoms with Gasteiger partial charge in [0.2, 0.25) is 0 Å². The zero-order valence-electron chi connectivity index (χ0n) is 19.1. The number of ether oxygens (including phenoxy) is 4. The summed E-state index contributed by atoms with van der Waals surface area (Å²) in [7, 11) is 1.44. The quantitative estimate of drug-likeness (QED) is 0.439. The van der Waals surface area contributed by atoms with Gasteiger partial charge in [-0.05, 0) is 18.4 Å². The van der Waals surface area contributed by atoms with Crippen molar-refractivity contribution in [1.29, 1.82) is 0 Å². The maximum atomic E-state index is 10.4. The van der Waals surface area contributed by atoms with Crippen molar-refractivity contribution in [2.24, 2.45) is 0 Å². The number of rotatable bonds is 12. The Hall–Kier alpha value is -1.02. The molecule has 3 rings (SSSR count). The van der Waals surface area contributed by atoms with Crippen molar-refractivity contribution in [3.05, 3.63) is 35.4 Å². The second kappa shape index (κ2) is 14.3. The van der Waals surface area contributed by atoms with E-state index in [1.165, 1.54) is 70.5 Å². The maximum Gasteiger partial charge on any atom is 0.186 e. The van der Waals surface area contributed by atoms with Gasteiger partial charge in [0.25, 0.3) is 0 Å². The van der Waals surface area contributed by atoms with Crippen molar-refractivity contribution in [2.75, 3.05) is 13.7 Å². The van der Waals surface area contributed by atoms with Crippen LogP contribution in [0.5, 0.6) is 0 Å². The van der Waals surface area contributed by atoms with Gasteiger partial charge in [-0.1, -0.05) is 90.0 Å². The summed E-state index contributed by atoms with van der Waals surface area (Å²) in [6.45, 7) is 2.54. The highest BCUT2D eigenvalue weighted by molar-refractivity contribution is 5.24. The molecular formula is C26H44O6. The summed E-state index contributed by atoms with van der Waals surface area (Å²) in [6.07, 6.45) is 8.32. The Kier molecular flexibility index (Phi) is 12.2. The largest absolute Gasteiger partial charge is 0.387 e. The van der Waals surface area contributed by atoms with Crippen molar-refractivity contribution in [2.45, 2.75) is 116 Å².